The number of pyridine rings is 1. The monoisotopic (exact) mass is 383 g/mol. The van der Waals surface area contributed by atoms with Crippen LogP contribution in [0.5, 0.6) is 0 Å². The summed E-state index contributed by atoms with van der Waals surface area (Å²) in [4.78, 5) is 24.8. The van der Waals surface area contributed by atoms with Crippen LogP contribution in [0, 0.1) is 6.92 Å². The Hall–Kier alpha value is -3.19. The fourth-order valence-electron chi connectivity index (χ4n) is 2.78. The van der Waals surface area contributed by atoms with Crippen molar-refractivity contribution in [3.05, 3.63) is 52.8 Å². The number of carbonyl (C=O) groups excluding carboxylic acids is 1. The highest BCUT2D eigenvalue weighted by Gasteiger charge is 2.18. The van der Waals surface area contributed by atoms with Gasteiger partial charge in [-0.1, -0.05) is 17.7 Å². The summed E-state index contributed by atoms with van der Waals surface area (Å²) < 4.78 is 4.73. The van der Waals surface area contributed by atoms with Crippen molar-refractivity contribution in [3.63, 3.8) is 0 Å². The first-order valence-corrected chi connectivity index (χ1v) is 8.49. The van der Waals surface area contributed by atoms with Crippen LogP contribution >= 0.6 is 11.6 Å². The van der Waals surface area contributed by atoms with E-state index in [1.165, 1.54) is 7.11 Å². The molecule has 0 aliphatic heterocycles. The Labute approximate surface area is 161 Å². The number of anilines is 2. The number of nitrogens with two attached hydrogens (primary N) is 1. The zero-order valence-electron chi connectivity index (χ0n) is 15.1. The lowest BCUT2D eigenvalue weighted by Crippen LogP contribution is -2.04. The molecule has 1 aromatic carbocycles. The standard InChI is InChI=1S/C19H18ClN5O2/c1-10-16(12-5-7-15(22-2)23-9-12)17(25-19(21)24-10)11-4-6-13(14(20)8-11)18(26)27-3/h4-9H,1-3H3,(H,22,23)(H2,21,24,25). The molecule has 0 bridgehead atoms. The lowest BCUT2D eigenvalue weighted by atomic mass is 9.98. The van der Waals surface area contributed by atoms with E-state index in [1.54, 1.807) is 31.4 Å². The number of nitrogens with one attached hydrogen (secondary N) is 1. The van der Waals surface area contributed by atoms with Gasteiger partial charge in [0.15, 0.2) is 0 Å². The summed E-state index contributed by atoms with van der Waals surface area (Å²) in [6.45, 7) is 1.85. The largest absolute Gasteiger partial charge is 0.465 e. The number of rotatable bonds is 4. The molecule has 8 heteroatoms. The normalized spacial score (nSPS) is 10.5. The minimum Gasteiger partial charge on any atom is -0.465 e. The molecule has 0 spiro atoms. The van der Waals surface area contributed by atoms with E-state index in [4.69, 9.17) is 22.1 Å². The van der Waals surface area contributed by atoms with Crippen molar-refractivity contribution >= 4 is 29.3 Å². The number of carbonyl (C=O) groups is 1. The van der Waals surface area contributed by atoms with Crippen LogP contribution in [0.1, 0.15) is 16.1 Å². The van der Waals surface area contributed by atoms with Crippen molar-refractivity contribution in [3.8, 4) is 22.4 Å². The Balaban J connectivity index is 2.18. The van der Waals surface area contributed by atoms with Gasteiger partial charge in [0.1, 0.15) is 5.82 Å². The molecule has 0 saturated carbocycles. The van der Waals surface area contributed by atoms with Gasteiger partial charge in [0.2, 0.25) is 5.95 Å². The van der Waals surface area contributed by atoms with Crippen molar-refractivity contribution in [1.29, 1.82) is 0 Å². The smallest absolute Gasteiger partial charge is 0.339 e. The third-order valence-electron chi connectivity index (χ3n) is 4.06. The summed E-state index contributed by atoms with van der Waals surface area (Å²) in [5.74, 6) is 0.399. The van der Waals surface area contributed by atoms with Crippen molar-refractivity contribution < 1.29 is 9.53 Å². The molecule has 3 rings (SSSR count). The summed E-state index contributed by atoms with van der Waals surface area (Å²) in [5, 5.41) is 3.25. The number of aromatic nitrogens is 3. The average molecular weight is 384 g/mol. The van der Waals surface area contributed by atoms with Gasteiger partial charge in [-0.15, -0.1) is 0 Å². The highest BCUT2D eigenvalue weighted by atomic mass is 35.5. The van der Waals surface area contributed by atoms with Gasteiger partial charge in [0, 0.05) is 29.9 Å². The molecular formula is C19H18ClN5O2. The fraction of sp³-hybridized carbons (Fsp3) is 0.158. The van der Waals surface area contributed by atoms with Crippen LogP contribution in [0.4, 0.5) is 11.8 Å². The topological polar surface area (TPSA) is 103 Å². The van der Waals surface area contributed by atoms with Crippen LogP contribution in [-0.2, 0) is 4.74 Å². The second-order valence-corrected chi connectivity index (χ2v) is 6.17. The van der Waals surface area contributed by atoms with Gasteiger partial charge in [0.05, 0.1) is 29.1 Å². The lowest BCUT2D eigenvalue weighted by Gasteiger charge is -2.14. The maximum Gasteiger partial charge on any atom is 0.339 e. The van der Waals surface area contributed by atoms with Crippen LogP contribution in [-0.4, -0.2) is 35.1 Å². The SMILES string of the molecule is CNc1ccc(-c2c(C)nc(N)nc2-c2ccc(C(=O)OC)c(Cl)c2)cn1. The highest BCUT2D eigenvalue weighted by molar-refractivity contribution is 6.33. The molecule has 0 fully saturated rings. The molecule has 0 atom stereocenters. The summed E-state index contributed by atoms with van der Waals surface area (Å²) >= 11 is 6.27. The molecule has 27 heavy (non-hydrogen) atoms. The Morgan fingerprint density at radius 2 is 1.93 bits per heavy atom. The van der Waals surface area contributed by atoms with E-state index in [1.807, 2.05) is 19.1 Å². The maximum atomic E-state index is 11.8. The third kappa shape index (κ3) is 3.68. The molecular weight excluding hydrogens is 366 g/mol. The van der Waals surface area contributed by atoms with Gasteiger partial charge < -0.3 is 15.8 Å². The molecule has 0 amide bonds. The zero-order valence-corrected chi connectivity index (χ0v) is 15.8. The Bertz CT molecular complexity index is 1010. The molecule has 0 saturated heterocycles. The van der Waals surface area contributed by atoms with E-state index in [0.29, 0.717) is 17.0 Å². The molecule has 3 N–H and O–H groups in total. The molecule has 0 radical (unpaired) electrons. The number of esters is 1. The minimum atomic E-state index is -0.503. The zero-order chi connectivity index (χ0) is 19.6. The molecule has 7 nitrogen and oxygen atoms in total. The molecule has 0 aliphatic rings. The molecule has 138 valence electrons. The van der Waals surface area contributed by atoms with Gasteiger partial charge in [-0.25, -0.2) is 19.7 Å². The second kappa shape index (κ2) is 7.59. The van der Waals surface area contributed by atoms with Gasteiger partial charge in [-0.3, -0.25) is 0 Å². The number of hydrogen-bond donors (Lipinski definition) is 2. The van der Waals surface area contributed by atoms with E-state index in [0.717, 1.165) is 16.9 Å². The van der Waals surface area contributed by atoms with E-state index in [9.17, 15) is 4.79 Å². The first-order chi connectivity index (χ1) is 12.9. The predicted molar refractivity (Wildman–Crippen MR) is 106 cm³/mol. The Morgan fingerprint density at radius 1 is 1.19 bits per heavy atom. The number of nitrogen functional groups attached to an aromatic ring is 1. The van der Waals surface area contributed by atoms with E-state index in [2.05, 4.69) is 20.3 Å². The quantitative estimate of drug-likeness (QED) is 0.663. The number of halogens is 1. The highest BCUT2D eigenvalue weighted by Crippen LogP contribution is 2.35. The molecule has 0 unspecified atom stereocenters. The fourth-order valence-corrected chi connectivity index (χ4v) is 3.03. The molecule has 2 aromatic heterocycles. The van der Waals surface area contributed by atoms with E-state index in [-0.39, 0.29) is 16.5 Å². The van der Waals surface area contributed by atoms with Gasteiger partial charge in [-0.05, 0) is 31.2 Å². The number of methoxy groups -OCH3 is 1. The van der Waals surface area contributed by atoms with Crippen LogP contribution < -0.4 is 11.1 Å². The molecule has 3 aromatic rings. The van der Waals surface area contributed by atoms with Gasteiger partial charge in [-0.2, -0.15) is 0 Å². The Morgan fingerprint density at radius 3 is 2.52 bits per heavy atom. The predicted octanol–water partition coefficient (Wildman–Crippen LogP) is 3.58. The second-order valence-electron chi connectivity index (χ2n) is 5.76. The van der Waals surface area contributed by atoms with Crippen molar-refractivity contribution in [2.24, 2.45) is 0 Å². The average Bonchev–Trinajstić information content (AvgIpc) is 2.67. The van der Waals surface area contributed by atoms with Crippen LogP contribution in [0.2, 0.25) is 5.02 Å². The number of benzene rings is 1. The minimum absolute atomic E-state index is 0.152. The van der Waals surface area contributed by atoms with Crippen molar-refractivity contribution in [2.45, 2.75) is 6.92 Å². The molecule has 2 heterocycles. The number of hydrogen-bond acceptors (Lipinski definition) is 7. The van der Waals surface area contributed by atoms with Crippen LogP contribution in [0.3, 0.4) is 0 Å². The maximum absolute atomic E-state index is 11.8. The van der Waals surface area contributed by atoms with Crippen molar-refractivity contribution in [1.82, 2.24) is 15.0 Å². The van der Waals surface area contributed by atoms with Crippen LogP contribution in [0.25, 0.3) is 22.4 Å². The lowest BCUT2D eigenvalue weighted by molar-refractivity contribution is 0.0601. The number of ether oxygens (including phenoxy) is 1. The van der Waals surface area contributed by atoms with E-state index < -0.39 is 5.97 Å². The third-order valence-corrected chi connectivity index (χ3v) is 4.38. The summed E-state index contributed by atoms with van der Waals surface area (Å²) in [7, 11) is 3.11. The van der Waals surface area contributed by atoms with Gasteiger partial charge >= 0.3 is 5.97 Å². The first-order valence-electron chi connectivity index (χ1n) is 8.11. The Kier molecular flexibility index (Phi) is 5.23. The van der Waals surface area contributed by atoms with E-state index >= 15 is 0 Å². The number of nitrogens with zero attached hydrogens (tertiary/aromatic N) is 3. The molecule has 0 aliphatic carbocycles. The van der Waals surface area contributed by atoms with Crippen molar-refractivity contribution in [2.75, 3.05) is 25.2 Å². The summed E-state index contributed by atoms with van der Waals surface area (Å²) in [5.41, 5.74) is 9.82. The summed E-state index contributed by atoms with van der Waals surface area (Å²) in [6.07, 6.45) is 1.74. The first kappa shape index (κ1) is 18.6. The van der Waals surface area contributed by atoms with Crippen LogP contribution in [0.15, 0.2) is 36.5 Å². The summed E-state index contributed by atoms with van der Waals surface area (Å²) in [6, 6.07) is 8.80. The number of aryl methyl sites for hydroxylation is 1. The van der Waals surface area contributed by atoms with Gasteiger partial charge in [0.25, 0.3) is 0 Å².